The SMILES string of the molecule is C[C@@H](NC(=O)c1ccc(SCCO)cc1)c1nncn1C1CCCC1. The summed E-state index contributed by atoms with van der Waals surface area (Å²) in [7, 11) is 0. The largest absolute Gasteiger partial charge is 0.396 e. The smallest absolute Gasteiger partial charge is 0.251 e. The van der Waals surface area contributed by atoms with Crippen molar-refractivity contribution >= 4 is 17.7 Å². The summed E-state index contributed by atoms with van der Waals surface area (Å²) in [6.45, 7) is 2.09. The van der Waals surface area contributed by atoms with Crippen LogP contribution in [0.4, 0.5) is 0 Å². The molecule has 0 unspecified atom stereocenters. The van der Waals surface area contributed by atoms with Crippen molar-refractivity contribution in [1.82, 2.24) is 20.1 Å². The molecule has 1 amide bonds. The van der Waals surface area contributed by atoms with Crippen molar-refractivity contribution in [2.24, 2.45) is 0 Å². The van der Waals surface area contributed by atoms with Crippen LogP contribution in [0.2, 0.25) is 0 Å². The van der Waals surface area contributed by atoms with Crippen molar-refractivity contribution in [3.8, 4) is 0 Å². The number of hydrogen-bond donors (Lipinski definition) is 2. The fourth-order valence-electron chi connectivity index (χ4n) is 3.24. The highest BCUT2D eigenvalue weighted by Gasteiger charge is 2.23. The summed E-state index contributed by atoms with van der Waals surface area (Å²) in [5, 5.41) is 20.2. The van der Waals surface area contributed by atoms with Gasteiger partial charge in [-0.05, 0) is 44.0 Å². The van der Waals surface area contributed by atoms with Crippen LogP contribution in [0.1, 0.15) is 60.9 Å². The molecule has 2 N–H and O–H groups in total. The number of amides is 1. The van der Waals surface area contributed by atoms with E-state index < -0.39 is 0 Å². The summed E-state index contributed by atoms with van der Waals surface area (Å²) in [6, 6.07) is 7.68. The zero-order valence-electron chi connectivity index (χ0n) is 14.4. The Kier molecular flexibility index (Phi) is 6.09. The first-order chi connectivity index (χ1) is 12.2. The third kappa shape index (κ3) is 4.41. The number of nitrogens with one attached hydrogen (secondary N) is 1. The Hall–Kier alpha value is -1.86. The second kappa shape index (κ2) is 8.49. The minimum absolute atomic E-state index is 0.118. The molecule has 6 nitrogen and oxygen atoms in total. The number of aliphatic hydroxyl groups excluding tert-OH is 1. The first-order valence-electron chi connectivity index (χ1n) is 8.73. The highest BCUT2D eigenvalue weighted by atomic mass is 32.2. The molecule has 0 radical (unpaired) electrons. The van der Waals surface area contributed by atoms with Gasteiger partial charge >= 0.3 is 0 Å². The predicted octanol–water partition coefficient (Wildman–Crippen LogP) is 2.97. The standard InChI is InChI=1S/C18H24N4O2S/c1-13(17-21-19-12-22(17)15-4-2-3-5-15)20-18(24)14-6-8-16(9-7-14)25-11-10-23/h6-9,12-13,15,23H,2-5,10-11H2,1H3,(H,20,24)/t13-/m1/s1. The zero-order chi connectivity index (χ0) is 17.6. The maximum absolute atomic E-state index is 12.5. The fraction of sp³-hybridized carbons (Fsp3) is 0.500. The molecule has 1 aliphatic rings. The number of aliphatic hydroxyl groups is 1. The van der Waals surface area contributed by atoms with Crippen LogP contribution in [0.25, 0.3) is 0 Å². The van der Waals surface area contributed by atoms with Crippen LogP contribution in [-0.2, 0) is 0 Å². The van der Waals surface area contributed by atoms with Gasteiger partial charge in [0, 0.05) is 22.3 Å². The molecule has 134 valence electrons. The van der Waals surface area contributed by atoms with Gasteiger partial charge in [-0.25, -0.2) is 0 Å². The lowest BCUT2D eigenvalue weighted by Crippen LogP contribution is -2.29. The summed E-state index contributed by atoms with van der Waals surface area (Å²) in [5.41, 5.74) is 0.618. The molecule has 25 heavy (non-hydrogen) atoms. The normalized spacial score (nSPS) is 16.1. The Labute approximate surface area is 152 Å². The Balaban J connectivity index is 1.63. The van der Waals surface area contributed by atoms with Crippen molar-refractivity contribution in [3.05, 3.63) is 42.0 Å². The van der Waals surface area contributed by atoms with Gasteiger partial charge in [-0.3, -0.25) is 4.79 Å². The Morgan fingerprint density at radius 3 is 2.76 bits per heavy atom. The van der Waals surface area contributed by atoms with Gasteiger partial charge in [0.1, 0.15) is 6.33 Å². The average Bonchev–Trinajstić information content (AvgIpc) is 3.31. The van der Waals surface area contributed by atoms with Gasteiger partial charge in [0.25, 0.3) is 5.91 Å². The summed E-state index contributed by atoms with van der Waals surface area (Å²) >= 11 is 1.57. The molecule has 1 atom stereocenters. The van der Waals surface area contributed by atoms with E-state index in [1.54, 1.807) is 18.1 Å². The molecule has 1 aliphatic carbocycles. The van der Waals surface area contributed by atoms with E-state index in [4.69, 9.17) is 5.11 Å². The lowest BCUT2D eigenvalue weighted by atomic mass is 10.2. The highest BCUT2D eigenvalue weighted by Crippen LogP contribution is 2.31. The van der Waals surface area contributed by atoms with Gasteiger partial charge in [-0.2, -0.15) is 0 Å². The maximum Gasteiger partial charge on any atom is 0.251 e. The molecule has 0 saturated heterocycles. The van der Waals surface area contributed by atoms with E-state index in [0.29, 0.717) is 17.4 Å². The minimum Gasteiger partial charge on any atom is -0.396 e. The topological polar surface area (TPSA) is 80.0 Å². The van der Waals surface area contributed by atoms with Crippen LogP contribution in [0.3, 0.4) is 0 Å². The number of hydrogen-bond acceptors (Lipinski definition) is 5. The summed E-state index contributed by atoms with van der Waals surface area (Å²) in [4.78, 5) is 13.5. The van der Waals surface area contributed by atoms with Crippen LogP contribution in [0.15, 0.2) is 35.5 Å². The third-order valence-electron chi connectivity index (χ3n) is 4.53. The molecule has 0 bridgehead atoms. The van der Waals surface area contributed by atoms with E-state index in [2.05, 4.69) is 20.1 Å². The second-order valence-electron chi connectivity index (χ2n) is 6.33. The number of rotatable bonds is 7. The number of nitrogens with zero attached hydrogens (tertiary/aromatic N) is 3. The lowest BCUT2D eigenvalue weighted by molar-refractivity contribution is 0.0937. The first kappa shape index (κ1) is 17.9. The molecule has 7 heteroatoms. The number of thioether (sulfide) groups is 1. The fourth-order valence-corrected chi connectivity index (χ4v) is 3.89. The van der Waals surface area contributed by atoms with Crippen molar-refractivity contribution in [2.75, 3.05) is 12.4 Å². The van der Waals surface area contributed by atoms with E-state index in [9.17, 15) is 4.79 Å². The van der Waals surface area contributed by atoms with E-state index in [-0.39, 0.29) is 18.6 Å². The number of carbonyl (C=O) groups excluding carboxylic acids is 1. The van der Waals surface area contributed by atoms with Gasteiger partial charge < -0.3 is 15.0 Å². The number of carbonyl (C=O) groups is 1. The van der Waals surface area contributed by atoms with Crippen molar-refractivity contribution in [3.63, 3.8) is 0 Å². The summed E-state index contributed by atoms with van der Waals surface area (Å²) < 4.78 is 2.12. The van der Waals surface area contributed by atoms with Crippen molar-refractivity contribution < 1.29 is 9.90 Å². The average molecular weight is 360 g/mol. The Morgan fingerprint density at radius 1 is 1.36 bits per heavy atom. The van der Waals surface area contributed by atoms with Crippen LogP contribution in [0.5, 0.6) is 0 Å². The maximum atomic E-state index is 12.5. The molecule has 0 aliphatic heterocycles. The monoisotopic (exact) mass is 360 g/mol. The van der Waals surface area contributed by atoms with Crippen LogP contribution < -0.4 is 5.32 Å². The van der Waals surface area contributed by atoms with Gasteiger partial charge in [-0.15, -0.1) is 22.0 Å². The van der Waals surface area contributed by atoms with Crippen LogP contribution in [0, 0.1) is 0 Å². The lowest BCUT2D eigenvalue weighted by Gasteiger charge is -2.18. The van der Waals surface area contributed by atoms with Gasteiger partial charge in [0.2, 0.25) is 0 Å². The first-order valence-corrected chi connectivity index (χ1v) is 9.71. The van der Waals surface area contributed by atoms with Gasteiger partial charge in [0.05, 0.1) is 12.6 Å². The molecule has 1 aromatic carbocycles. The third-order valence-corrected chi connectivity index (χ3v) is 5.52. The number of aromatic nitrogens is 3. The van der Waals surface area contributed by atoms with Gasteiger partial charge in [-0.1, -0.05) is 12.8 Å². The zero-order valence-corrected chi connectivity index (χ0v) is 15.2. The van der Waals surface area contributed by atoms with Crippen molar-refractivity contribution in [1.29, 1.82) is 0 Å². The highest BCUT2D eigenvalue weighted by molar-refractivity contribution is 7.99. The quantitative estimate of drug-likeness (QED) is 0.742. The molecule has 2 aromatic rings. The van der Waals surface area contributed by atoms with E-state index >= 15 is 0 Å². The van der Waals surface area contributed by atoms with Crippen molar-refractivity contribution in [2.45, 2.75) is 49.6 Å². The second-order valence-corrected chi connectivity index (χ2v) is 7.49. The molecule has 0 spiro atoms. The predicted molar refractivity (Wildman–Crippen MR) is 97.7 cm³/mol. The Morgan fingerprint density at radius 2 is 2.08 bits per heavy atom. The molecule has 1 saturated carbocycles. The van der Waals surface area contributed by atoms with E-state index in [1.165, 1.54) is 12.8 Å². The molecule has 1 heterocycles. The molecular formula is C18H24N4O2S. The molecule has 1 aromatic heterocycles. The van der Waals surface area contributed by atoms with Gasteiger partial charge in [0.15, 0.2) is 5.82 Å². The van der Waals surface area contributed by atoms with Crippen LogP contribution in [-0.4, -0.2) is 38.1 Å². The molecular weight excluding hydrogens is 336 g/mol. The van der Waals surface area contributed by atoms with Crippen LogP contribution >= 0.6 is 11.8 Å². The van der Waals surface area contributed by atoms with E-state index in [0.717, 1.165) is 23.6 Å². The molecule has 3 rings (SSSR count). The van der Waals surface area contributed by atoms with E-state index in [1.807, 2.05) is 31.2 Å². The number of benzene rings is 1. The summed E-state index contributed by atoms with van der Waals surface area (Å²) in [5.74, 6) is 1.35. The Bertz CT molecular complexity index is 695. The molecule has 1 fully saturated rings. The minimum atomic E-state index is -0.195. The summed E-state index contributed by atoms with van der Waals surface area (Å²) in [6.07, 6.45) is 6.56.